The van der Waals surface area contributed by atoms with E-state index in [0.717, 1.165) is 19.0 Å². The zero-order valence-corrected chi connectivity index (χ0v) is 9.50. The van der Waals surface area contributed by atoms with Gasteiger partial charge in [0.15, 0.2) is 0 Å². The van der Waals surface area contributed by atoms with Crippen LogP contribution in [-0.2, 0) is 6.54 Å². The Bertz CT molecular complexity index is 260. The molecule has 2 N–H and O–H groups in total. The summed E-state index contributed by atoms with van der Waals surface area (Å²) in [6.45, 7) is 4.65. The summed E-state index contributed by atoms with van der Waals surface area (Å²) >= 11 is 0. The summed E-state index contributed by atoms with van der Waals surface area (Å²) in [6, 6.07) is 4.17. The fraction of sp³-hybridized carbons (Fsp3) is 0.667. The molecule has 3 heteroatoms. The van der Waals surface area contributed by atoms with Crippen LogP contribution in [0.3, 0.4) is 0 Å². The number of aromatic nitrogens is 1. The fourth-order valence-corrected chi connectivity index (χ4v) is 2.15. The maximum Gasteiger partial charge on any atom is 0.0357 e. The molecule has 0 atom stereocenters. The first kappa shape index (κ1) is 10.7. The highest BCUT2D eigenvalue weighted by Gasteiger charge is 2.15. The van der Waals surface area contributed by atoms with Crippen LogP contribution in [0, 0.1) is 5.92 Å². The van der Waals surface area contributed by atoms with Crippen molar-refractivity contribution in [2.24, 2.45) is 5.92 Å². The Morgan fingerprint density at radius 3 is 2.93 bits per heavy atom. The number of nitrogens with zero attached hydrogens (tertiary/aromatic N) is 1. The Morgan fingerprint density at radius 2 is 2.27 bits per heavy atom. The number of aromatic amines is 1. The second-order valence-corrected chi connectivity index (χ2v) is 4.57. The van der Waals surface area contributed by atoms with Gasteiger partial charge in [-0.05, 0) is 57.6 Å². The van der Waals surface area contributed by atoms with Crippen LogP contribution in [0.2, 0.25) is 0 Å². The second kappa shape index (κ2) is 5.33. The molecule has 3 nitrogen and oxygen atoms in total. The van der Waals surface area contributed by atoms with E-state index in [-0.39, 0.29) is 0 Å². The molecule has 1 aliphatic rings. The lowest BCUT2D eigenvalue weighted by Crippen LogP contribution is -2.34. The predicted octanol–water partition coefficient (Wildman–Crippen LogP) is 1.45. The number of piperidine rings is 1. The Labute approximate surface area is 91.9 Å². The molecule has 0 bridgehead atoms. The SMILES string of the molecule is CN1CCC(CNCc2ccc[nH]2)CC1. The van der Waals surface area contributed by atoms with E-state index >= 15 is 0 Å². The molecular weight excluding hydrogens is 186 g/mol. The van der Waals surface area contributed by atoms with E-state index in [9.17, 15) is 0 Å². The minimum Gasteiger partial charge on any atom is -0.364 e. The van der Waals surface area contributed by atoms with Crippen molar-refractivity contribution in [1.29, 1.82) is 0 Å². The van der Waals surface area contributed by atoms with Crippen LogP contribution in [0.1, 0.15) is 18.5 Å². The van der Waals surface area contributed by atoms with Gasteiger partial charge in [-0.25, -0.2) is 0 Å². The Balaban J connectivity index is 1.62. The van der Waals surface area contributed by atoms with E-state index in [1.54, 1.807) is 0 Å². The summed E-state index contributed by atoms with van der Waals surface area (Å²) in [5.74, 6) is 0.871. The van der Waals surface area contributed by atoms with Crippen molar-refractivity contribution >= 4 is 0 Å². The standard InChI is InChI=1S/C12H21N3/c1-15-7-4-11(5-8-15)9-13-10-12-3-2-6-14-12/h2-3,6,11,13-14H,4-5,7-10H2,1H3. The first-order valence-corrected chi connectivity index (χ1v) is 5.86. The molecule has 0 saturated carbocycles. The van der Waals surface area contributed by atoms with Gasteiger partial charge in [0.25, 0.3) is 0 Å². The average molecular weight is 207 g/mol. The number of hydrogen-bond acceptors (Lipinski definition) is 2. The van der Waals surface area contributed by atoms with Gasteiger partial charge in [0, 0.05) is 18.4 Å². The quantitative estimate of drug-likeness (QED) is 0.783. The summed E-state index contributed by atoms with van der Waals surface area (Å²) in [4.78, 5) is 5.63. The predicted molar refractivity (Wildman–Crippen MR) is 62.7 cm³/mol. The lowest BCUT2D eigenvalue weighted by Gasteiger charge is -2.28. The van der Waals surface area contributed by atoms with Crippen molar-refractivity contribution < 1.29 is 0 Å². The van der Waals surface area contributed by atoms with Crippen LogP contribution in [0.25, 0.3) is 0 Å². The lowest BCUT2D eigenvalue weighted by atomic mass is 9.97. The van der Waals surface area contributed by atoms with Gasteiger partial charge < -0.3 is 15.2 Å². The summed E-state index contributed by atoms with van der Waals surface area (Å²) in [5, 5.41) is 3.52. The maximum absolute atomic E-state index is 3.52. The first-order valence-electron chi connectivity index (χ1n) is 5.86. The number of hydrogen-bond donors (Lipinski definition) is 2. The third kappa shape index (κ3) is 3.36. The van der Waals surface area contributed by atoms with Crippen LogP contribution >= 0.6 is 0 Å². The third-order valence-electron chi connectivity index (χ3n) is 3.25. The van der Waals surface area contributed by atoms with Crippen molar-refractivity contribution in [1.82, 2.24) is 15.2 Å². The summed E-state index contributed by atoms with van der Waals surface area (Å²) in [5.41, 5.74) is 1.28. The van der Waals surface area contributed by atoms with Gasteiger partial charge in [-0.15, -0.1) is 0 Å². The molecule has 84 valence electrons. The molecule has 1 saturated heterocycles. The minimum absolute atomic E-state index is 0.871. The molecule has 0 amide bonds. The van der Waals surface area contributed by atoms with Crippen LogP contribution in [0.5, 0.6) is 0 Å². The number of likely N-dealkylation sites (tertiary alicyclic amines) is 1. The van der Waals surface area contributed by atoms with E-state index < -0.39 is 0 Å². The monoisotopic (exact) mass is 207 g/mol. The summed E-state index contributed by atoms with van der Waals surface area (Å²) in [6.07, 6.45) is 4.66. The number of nitrogens with one attached hydrogen (secondary N) is 2. The molecule has 15 heavy (non-hydrogen) atoms. The van der Waals surface area contributed by atoms with Crippen LogP contribution in [-0.4, -0.2) is 36.6 Å². The van der Waals surface area contributed by atoms with E-state index in [1.165, 1.54) is 31.6 Å². The van der Waals surface area contributed by atoms with Crippen molar-refractivity contribution in [3.05, 3.63) is 24.0 Å². The zero-order chi connectivity index (χ0) is 10.5. The van der Waals surface area contributed by atoms with Gasteiger partial charge in [0.05, 0.1) is 0 Å². The normalized spacial score (nSPS) is 19.5. The molecule has 0 aliphatic carbocycles. The second-order valence-electron chi connectivity index (χ2n) is 4.57. The average Bonchev–Trinajstić information content (AvgIpc) is 2.74. The van der Waals surface area contributed by atoms with Crippen molar-refractivity contribution in [2.45, 2.75) is 19.4 Å². The lowest BCUT2D eigenvalue weighted by molar-refractivity contribution is 0.216. The van der Waals surface area contributed by atoms with Gasteiger partial charge in [0.2, 0.25) is 0 Å². The summed E-state index contributed by atoms with van der Waals surface area (Å²) in [7, 11) is 2.21. The molecule has 1 fully saturated rings. The molecule has 0 unspecified atom stereocenters. The molecule has 1 aromatic rings. The Morgan fingerprint density at radius 1 is 1.47 bits per heavy atom. The highest BCUT2D eigenvalue weighted by molar-refractivity contribution is 5.02. The van der Waals surface area contributed by atoms with Gasteiger partial charge in [-0.1, -0.05) is 0 Å². The smallest absolute Gasteiger partial charge is 0.0357 e. The molecular formula is C12H21N3. The first-order chi connectivity index (χ1) is 7.34. The molecule has 2 heterocycles. The van der Waals surface area contributed by atoms with Gasteiger partial charge in [-0.3, -0.25) is 0 Å². The minimum atomic E-state index is 0.871. The topological polar surface area (TPSA) is 31.1 Å². The molecule has 2 rings (SSSR count). The van der Waals surface area contributed by atoms with Crippen LogP contribution in [0.4, 0.5) is 0 Å². The third-order valence-corrected chi connectivity index (χ3v) is 3.25. The van der Waals surface area contributed by atoms with E-state index in [4.69, 9.17) is 0 Å². The fourth-order valence-electron chi connectivity index (χ4n) is 2.15. The van der Waals surface area contributed by atoms with Crippen molar-refractivity contribution in [3.63, 3.8) is 0 Å². The molecule has 1 aromatic heterocycles. The number of H-pyrrole nitrogens is 1. The molecule has 0 spiro atoms. The Kier molecular flexibility index (Phi) is 3.80. The van der Waals surface area contributed by atoms with Gasteiger partial charge in [-0.2, -0.15) is 0 Å². The molecule has 0 aromatic carbocycles. The van der Waals surface area contributed by atoms with Crippen molar-refractivity contribution in [3.8, 4) is 0 Å². The van der Waals surface area contributed by atoms with E-state index in [0.29, 0.717) is 0 Å². The molecule has 0 radical (unpaired) electrons. The zero-order valence-electron chi connectivity index (χ0n) is 9.50. The Hall–Kier alpha value is -0.800. The van der Waals surface area contributed by atoms with Gasteiger partial charge in [0.1, 0.15) is 0 Å². The van der Waals surface area contributed by atoms with Crippen molar-refractivity contribution in [2.75, 3.05) is 26.7 Å². The molecule has 1 aliphatic heterocycles. The highest BCUT2D eigenvalue weighted by Crippen LogP contribution is 2.14. The maximum atomic E-state index is 3.52. The van der Waals surface area contributed by atoms with Crippen LogP contribution in [0.15, 0.2) is 18.3 Å². The summed E-state index contributed by atoms with van der Waals surface area (Å²) < 4.78 is 0. The number of rotatable bonds is 4. The highest BCUT2D eigenvalue weighted by atomic mass is 15.1. The largest absolute Gasteiger partial charge is 0.364 e. The van der Waals surface area contributed by atoms with Crippen LogP contribution < -0.4 is 5.32 Å². The van der Waals surface area contributed by atoms with E-state index in [2.05, 4.69) is 28.3 Å². The van der Waals surface area contributed by atoms with Gasteiger partial charge >= 0.3 is 0 Å². The van der Waals surface area contributed by atoms with E-state index in [1.807, 2.05) is 12.3 Å².